The minimum atomic E-state index is -0.551. The van der Waals surface area contributed by atoms with Crippen LogP contribution in [0.2, 0.25) is 0 Å². The van der Waals surface area contributed by atoms with Crippen LogP contribution in [-0.4, -0.2) is 41.6 Å². The standard InChI is InChI=1S/C15H17N5O4/c1-4-16-13-12(20(22)23)14(18-9-17-13)19(2)11-8-6-5-7-10(11)15(21)24-3/h5-9H,4H2,1-3H3,(H,16,17,18). The van der Waals surface area contributed by atoms with Crippen LogP contribution in [0.5, 0.6) is 0 Å². The van der Waals surface area contributed by atoms with Gasteiger partial charge in [0.2, 0.25) is 11.6 Å². The normalized spacial score (nSPS) is 10.1. The number of rotatable bonds is 6. The van der Waals surface area contributed by atoms with Gasteiger partial charge in [0.25, 0.3) is 0 Å². The Morgan fingerprint density at radius 1 is 1.38 bits per heavy atom. The fourth-order valence-electron chi connectivity index (χ4n) is 2.24. The summed E-state index contributed by atoms with van der Waals surface area (Å²) < 4.78 is 4.76. The highest BCUT2D eigenvalue weighted by atomic mass is 16.6. The van der Waals surface area contributed by atoms with E-state index < -0.39 is 10.9 Å². The molecule has 0 saturated heterocycles. The maximum absolute atomic E-state index is 11.9. The smallest absolute Gasteiger partial charge is 0.353 e. The van der Waals surface area contributed by atoms with E-state index in [1.807, 2.05) is 6.92 Å². The summed E-state index contributed by atoms with van der Waals surface area (Å²) >= 11 is 0. The molecule has 0 saturated carbocycles. The molecule has 0 aliphatic rings. The Morgan fingerprint density at radius 3 is 2.71 bits per heavy atom. The molecular formula is C15H17N5O4. The monoisotopic (exact) mass is 331 g/mol. The third-order valence-electron chi connectivity index (χ3n) is 3.32. The Morgan fingerprint density at radius 2 is 2.08 bits per heavy atom. The van der Waals surface area contributed by atoms with E-state index >= 15 is 0 Å². The van der Waals surface area contributed by atoms with Gasteiger partial charge in [-0.15, -0.1) is 0 Å². The quantitative estimate of drug-likeness (QED) is 0.488. The van der Waals surface area contributed by atoms with Crippen molar-refractivity contribution >= 4 is 29.0 Å². The van der Waals surface area contributed by atoms with Gasteiger partial charge in [-0.05, 0) is 19.1 Å². The molecule has 126 valence electrons. The molecule has 1 heterocycles. The number of esters is 1. The molecule has 1 aromatic carbocycles. The molecule has 0 unspecified atom stereocenters. The van der Waals surface area contributed by atoms with E-state index in [-0.39, 0.29) is 22.9 Å². The average molecular weight is 331 g/mol. The predicted octanol–water partition coefficient (Wildman–Crippen LogP) is 2.37. The minimum absolute atomic E-state index is 0.0716. The Labute approximate surface area is 138 Å². The molecule has 9 nitrogen and oxygen atoms in total. The van der Waals surface area contributed by atoms with E-state index in [2.05, 4.69) is 15.3 Å². The van der Waals surface area contributed by atoms with Gasteiger partial charge in [0, 0.05) is 13.6 Å². The fraction of sp³-hybridized carbons (Fsp3) is 0.267. The lowest BCUT2D eigenvalue weighted by atomic mass is 10.1. The van der Waals surface area contributed by atoms with E-state index in [1.165, 1.54) is 18.3 Å². The third-order valence-corrected chi connectivity index (χ3v) is 3.32. The van der Waals surface area contributed by atoms with Crippen LogP contribution in [0, 0.1) is 10.1 Å². The number of ether oxygens (including phenoxy) is 1. The van der Waals surface area contributed by atoms with Crippen LogP contribution < -0.4 is 10.2 Å². The van der Waals surface area contributed by atoms with Gasteiger partial charge in [-0.25, -0.2) is 14.8 Å². The second-order valence-electron chi connectivity index (χ2n) is 4.75. The fourth-order valence-corrected chi connectivity index (χ4v) is 2.24. The Kier molecular flexibility index (Phi) is 5.25. The molecule has 2 aromatic rings. The van der Waals surface area contributed by atoms with Crippen molar-refractivity contribution < 1.29 is 14.5 Å². The van der Waals surface area contributed by atoms with Crippen molar-refractivity contribution in [2.45, 2.75) is 6.92 Å². The van der Waals surface area contributed by atoms with E-state index in [9.17, 15) is 14.9 Å². The number of methoxy groups -OCH3 is 1. The number of nitro groups is 1. The molecule has 0 aliphatic heterocycles. The van der Waals surface area contributed by atoms with Gasteiger partial charge in [0.05, 0.1) is 23.3 Å². The van der Waals surface area contributed by atoms with Crippen molar-refractivity contribution in [3.63, 3.8) is 0 Å². The predicted molar refractivity (Wildman–Crippen MR) is 88.7 cm³/mol. The van der Waals surface area contributed by atoms with Crippen LogP contribution in [0.25, 0.3) is 0 Å². The number of carbonyl (C=O) groups excluding carboxylic acids is 1. The summed E-state index contributed by atoms with van der Waals surface area (Å²) in [6.07, 6.45) is 1.23. The lowest BCUT2D eigenvalue weighted by Gasteiger charge is -2.21. The molecule has 0 bridgehead atoms. The highest BCUT2D eigenvalue weighted by Crippen LogP contribution is 2.36. The first-order valence-electron chi connectivity index (χ1n) is 7.15. The first-order chi connectivity index (χ1) is 11.5. The number of carbonyl (C=O) groups is 1. The SMILES string of the molecule is CCNc1ncnc(N(C)c2ccccc2C(=O)OC)c1[N+](=O)[O-]. The molecule has 24 heavy (non-hydrogen) atoms. The number of para-hydroxylation sites is 1. The molecule has 1 N–H and O–H groups in total. The summed E-state index contributed by atoms with van der Waals surface area (Å²) in [5.74, 6) is -0.349. The van der Waals surface area contributed by atoms with Gasteiger partial charge < -0.3 is 15.0 Å². The summed E-state index contributed by atoms with van der Waals surface area (Å²) in [7, 11) is 2.86. The number of benzene rings is 1. The lowest BCUT2D eigenvalue weighted by molar-refractivity contribution is -0.383. The number of hydrogen-bond donors (Lipinski definition) is 1. The van der Waals surface area contributed by atoms with E-state index in [0.717, 1.165) is 0 Å². The highest BCUT2D eigenvalue weighted by molar-refractivity contribution is 5.97. The van der Waals surface area contributed by atoms with E-state index in [1.54, 1.807) is 31.3 Å². The Balaban J connectivity index is 2.59. The summed E-state index contributed by atoms with van der Waals surface area (Å²) in [6.45, 7) is 2.28. The van der Waals surface area contributed by atoms with Crippen molar-refractivity contribution in [1.29, 1.82) is 0 Å². The summed E-state index contributed by atoms with van der Waals surface area (Å²) in [6, 6.07) is 6.64. The molecule has 0 fully saturated rings. The molecule has 0 amide bonds. The molecule has 0 spiro atoms. The summed E-state index contributed by atoms with van der Waals surface area (Å²) in [4.78, 5) is 32.3. The van der Waals surface area contributed by atoms with Gasteiger partial charge in [-0.1, -0.05) is 12.1 Å². The third kappa shape index (κ3) is 3.24. The highest BCUT2D eigenvalue weighted by Gasteiger charge is 2.27. The first kappa shape index (κ1) is 17.1. The molecular weight excluding hydrogens is 314 g/mol. The molecule has 1 aromatic heterocycles. The maximum Gasteiger partial charge on any atom is 0.353 e. The number of hydrogen-bond acceptors (Lipinski definition) is 8. The minimum Gasteiger partial charge on any atom is -0.465 e. The van der Waals surface area contributed by atoms with Crippen LogP contribution in [0.3, 0.4) is 0 Å². The van der Waals surface area contributed by atoms with Gasteiger partial charge in [0.1, 0.15) is 6.33 Å². The van der Waals surface area contributed by atoms with Crippen molar-refractivity contribution in [1.82, 2.24) is 9.97 Å². The van der Waals surface area contributed by atoms with E-state index in [4.69, 9.17) is 4.74 Å². The number of aromatic nitrogens is 2. The largest absolute Gasteiger partial charge is 0.465 e. The summed E-state index contributed by atoms with van der Waals surface area (Å²) in [5, 5.41) is 14.3. The number of nitrogens with one attached hydrogen (secondary N) is 1. The van der Waals surface area contributed by atoms with Gasteiger partial charge in [-0.3, -0.25) is 10.1 Å². The summed E-state index contributed by atoms with van der Waals surface area (Å²) in [5.41, 5.74) is 0.454. The van der Waals surface area contributed by atoms with Crippen LogP contribution in [0.15, 0.2) is 30.6 Å². The zero-order chi connectivity index (χ0) is 17.7. The lowest BCUT2D eigenvalue weighted by Crippen LogP contribution is -2.18. The topological polar surface area (TPSA) is 110 Å². The molecule has 0 radical (unpaired) electrons. The Bertz CT molecular complexity index is 765. The zero-order valence-corrected chi connectivity index (χ0v) is 13.5. The molecule has 9 heteroatoms. The maximum atomic E-state index is 11.9. The van der Waals surface area contributed by atoms with Crippen LogP contribution in [0.4, 0.5) is 23.0 Å². The molecule has 0 atom stereocenters. The second-order valence-corrected chi connectivity index (χ2v) is 4.75. The average Bonchev–Trinajstić information content (AvgIpc) is 2.60. The Hall–Kier alpha value is -3.23. The van der Waals surface area contributed by atoms with Gasteiger partial charge in [0.15, 0.2) is 0 Å². The van der Waals surface area contributed by atoms with Crippen molar-refractivity contribution in [3.8, 4) is 0 Å². The van der Waals surface area contributed by atoms with E-state index in [0.29, 0.717) is 12.2 Å². The van der Waals surface area contributed by atoms with Crippen LogP contribution in [-0.2, 0) is 4.74 Å². The van der Waals surface area contributed by atoms with Crippen molar-refractivity contribution in [2.24, 2.45) is 0 Å². The molecule has 0 aliphatic carbocycles. The first-order valence-corrected chi connectivity index (χ1v) is 7.15. The zero-order valence-electron chi connectivity index (χ0n) is 13.5. The van der Waals surface area contributed by atoms with Crippen molar-refractivity contribution in [3.05, 3.63) is 46.3 Å². The van der Waals surface area contributed by atoms with Gasteiger partial charge in [-0.2, -0.15) is 0 Å². The number of anilines is 3. The number of nitrogens with zero attached hydrogens (tertiary/aromatic N) is 4. The van der Waals surface area contributed by atoms with Crippen LogP contribution >= 0.6 is 0 Å². The second kappa shape index (κ2) is 7.36. The van der Waals surface area contributed by atoms with Crippen LogP contribution in [0.1, 0.15) is 17.3 Å². The molecule has 2 rings (SSSR count). The van der Waals surface area contributed by atoms with Gasteiger partial charge >= 0.3 is 11.7 Å². The van der Waals surface area contributed by atoms with Crippen molar-refractivity contribution in [2.75, 3.05) is 30.9 Å².